The number of anilines is 2. The van der Waals surface area contributed by atoms with Gasteiger partial charge in [0.25, 0.3) is 0 Å². The minimum Gasteiger partial charge on any atom is -0.478 e. The lowest BCUT2D eigenvalue weighted by atomic mass is 10.1. The van der Waals surface area contributed by atoms with Crippen LogP contribution >= 0.6 is 0 Å². The number of nitrogens with one attached hydrogen (secondary N) is 1. The van der Waals surface area contributed by atoms with E-state index in [-0.39, 0.29) is 17.8 Å². The SMILES string of the molecule is Nc1c(F)ccc(NCc2ncon2)c1C(=O)O. The first kappa shape index (κ1) is 11.8. The lowest BCUT2D eigenvalue weighted by molar-refractivity contribution is 0.0698. The van der Waals surface area contributed by atoms with Crippen LogP contribution in [-0.2, 0) is 6.54 Å². The van der Waals surface area contributed by atoms with Crippen molar-refractivity contribution in [1.82, 2.24) is 10.1 Å². The number of carboxylic acids is 1. The first-order chi connectivity index (χ1) is 8.59. The molecule has 7 nitrogen and oxygen atoms in total. The molecule has 0 aliphatic carbocycles. The highest BCUT2D eigenvalue weighted by Gasteiger charge is 2.17. The summed E-state index contributed by atoms with van der Waals surface area (Å²) < 4.78 is 17.7. The third kappa shape index (κ3) is 2.21. The summed E-state index contributed by atoms with van der Waals surface area (Å²) in [4.78, 5) is 14.8. The number of nitrogens with zero attached hydrogens (tertiary/aromatic N) is 2. The highest BCUT2D eigenvalue weighted by Crippen LogP contribution is 2.25. The van der Waals surface area contributed by atoms with Gasteiger partial charge in [-0.25, -0.2) is 9.18 Å². The molecule has 0 saturated heterocycles. The first-order valence-electron chi connectivity index (χ1n) is 4.90. The predicted molar refractivity (Wildman–Crippen MR) is 59.4 cm³/mol. The van der Waals surface area contributed by atoms with Crippen LogP contribution < -0.4 is 11.1 Å². The molecule has 0 unspecified atom stereocenters. The minimum atomic E-state index is -1.32. The number of hydrogen-bond acceptors (Lipinski definition) is 6. The van der Waals surface area contributed by atoms with Crippen LogP contribution in [0.3, 0.4) is 0 Å². The zero-order valence-corrected chi connectivity index (χ0v) is 9.05. The number of nitrogen functional groups attached to an aromatic ring is 1. The summed E-state index contributed by atoms with van der Waals surface area (Å²) in [6.07, 6.45) is 1.15. The summed E-state index contributed by atoms with van der Waals surface area (Å²) in [5.74, 6) is -1.76. The fourth-order valence-electron chi connectivity index (χ4n) is 1.42. The van der Waals surface area contributed by atoms with Crippen LogP contribution in [0.4, 0.5) is 15.8 Å². The van der Waals surface area contributed by atoms with E-state index in [1.807, 2.05) is 0 Å². The van der Waals surface area contributed by atoms with Crippen LogP contribution in [0.25, 0.3) is 0 Å². The zero-order chi connectivity index (χ0) is 13.1. The summed E-state index contributed by atoms with van der Waals surface area (Å²) in [7, 11) is 0. The van der Waals surface area contributed by atoms with Crippen molar-refractivity contribution in [3.63, 3.8) is 0 Å². The Bertz CT molecular complexity index is 571. The van der Waals surface area contributed by atoms with E-state index in [2.05, 4.69) is 20.0 Å². The topological polar surface area (TPSA) is 114 Å². The van der Waals surface area contributed by atoms with Crippen molar-refractivity contribution >= 4 is 17.3 Å². The van der Waals surface area contributed by atoms with E-state index >= 15 is 0 Å². The molecule has 0 spiro atoms. The smallest absolute Gasteiger partial charge is 0.340 e. The van der Waals surface area contributed by atoms with E-state index in [4.69, 9.17) is 10.8 Å². The predicted octanol–water partition coefficient (Wildman–Crippen LogP) is 1.10. The van der Waals surface area contributed by atoms with Crippen molar-refractivity contribution < 1.29 is 18.8 Å². The van der Waals surface area contributed by atoms with Gasteiger partial charge < -0.3 is 20.7 Å². The van der Waals surface area contributed by atoms with Gasteiger partial charge in [-0.3, -0.25) is 0 Å². The molecule has 0 fully saturated rings. The molecule has 0 aliphatic heterocycles. The number of carbonyl (C=O) groups is 1. The van der Waals surface area contributed by atoms with Gasteiger partial charge in [-0.1, -0.05) is 5.16 Å². The maximum atomic E-state index is 13.2. The van der Waals surface area contributed by atoms with Gasteiger partial charge >= 0.3 is 5.97 Å². The molecule has 0 saturated carbocycles. The van der Waals surface area contributed by atoms with Crippen LogP contribution in [0.2, 0.25) is 0 Å². The maximum absolute atomic E-state index is 13.2. The lowest BCUT2D eigenvalue weighted by Crippen LogP contribution is -2.11. The van der Waals surface area contributed by atoms with Crippen molar-refractivity contribution in [2.75, 3.05) is 11.1 Å². The van der Waals surface area contributed by atoms with E-state index in [9.17, 15) is 9.18 Å². The summed E-state index contributed by atoms with van der Waals surface area (Å²) in [6.45, 7) is 0.141. The molecule has 2 aromatic rings. The Morgan fingerprint density at radius 2 is 2.33 bits per heavy atom. The van der Waals surface area contributed by atoms with Gasteiger partial charge in [-0.2, -0.15) is 4.98 Å². The Balaban J connectivity index is 2.27. The first-order valence-corrected chi connectivity index (χ1v) is 4.90. The van der Waals surface area contributed by atoms with E-state index in [1.165, 1.54) is 6.07 Å². The van der Waals surface area contributed by atoms with Gasteiger partial charge in [0, 0.05) is 0 Å². The van der Waals surface area contributed by atoms with Crippen LogP contribution in [-0.4, -0.2) is 21.2 Å². The van der Waals surface area contributed by atoms with E-state index < -0.39 is 17.5 Å². The number of halogens is 1. The lowest BCUT2D eigenvalue weighted by Gasteiger charge is -2.10. The molecule has 8 heteroatoms. The Labute approximate surface area is 100 Å². The maximum Gasteiger partial charge on any atom is 0.340 e. The van der Waals surface area contributed by atoms with Crippen LogP contribution in [0.15, 0.2) is 23.0 Å². The molecular formula is C10H9FN4O3. The standard InChI is InChI=1S/C10H9FN4O3/c11-5-1-2-6(8(9(5)12)10(16)17)13-3-7-14-4-18-15-7/h1-2,4,13H,3,12H2,(H,16,17). The number of nitrogens with two attached hydrogens (primary N) is 1. The third-order valence-electron chi connectivity index (χ3n) is 2.25. The molecule has 0 atom stereocenters. The number of carboxylic acid groups (broad SMARTS) is 1. The van der Waals surface area contributed by atoms with Gasteiger partial charge in [0.2, 0.25) is 6.39 Å². The molecule has 1 heterocycles. The molecule has 0 amide bonds. The van der Waals surface area contributed by atoms with Gasteiger partial charge in [-0.05, 0) is 12.1 Å². The average Bonchev–Trinajstić information content (AvgIpc) is 2.83. The summed E-state index contributed by atoms with van der Waals surface area (Å²) in [5, 5.41) is 15.3. The number of rotatable bonds is 4. The van der Waals surface area contributed by atoms with Gasteiger partial charge in [0.1, 0.15) is 11.4 Å². The zero-order valence-electron chi connectivity index (χ0n) is 9.05. The van der Waals surface area contributed by atoms with Gasteiger partial charge in [0.15, 0.2) is 5.82 Å². The van der Waals surface area contributed by atoms with E-state index in [1.54, 1.807) is 0 Å². The van der Waals surface area contributed by atoms with Crippen molar-refractivity contribution in [3.8, 4) is 0 Å². The molecular weight excluding hydrogens is 243 g/mol. The number of benzene rings is 1. The van der Waals surface area contributed by atoms with Crippen molar-refractivity contribution in [2.24, 2.45) is 0 Å². The Morgan fingerprint density at radius 3 is 2.94 bits per heavy atom. The van der Waals surface area contributed by atoms with Crippen molar-refractivity contribution in [3.05, 3.63) is 35.7 Å². The van der Waals surface area contributed by atoms with Crippen LogP contribution in [0, 0.1) is 5.82 Å². The quantitative estimate of drug-likeness (QED) is 0.698. The summed E-state index contributed by atoms with van der Waals surface area (Å²) >= 11 is 0. The number of aromatic nitrogens is 2. The Hall–Kier alpha value is -2.64. The fraction of sp³-hybridized carbons (Fsp3) is 0.100. The normalized spacial score (nSPS) is 10.3. The Kier molecular flexibility index (Phi) is 3.09. The van der Waals surface area contributed by atoms with Crippen molar-refractivity contribution in [1.29, 1.82) is 0 Å². The molecule has 0 bridgehead atoms. The van der Waals surface area contributed by atoms with Crippen LogP contribution in [0.1, 0.15) is 16.2 Å². The fourth-order valence-corrected chi connectivity index (χ4v) is 1.42. The number of aromatic carboxylic acids is 1. The molecule has 18 heavy (non-hydrogen) atoms. The largest absolute Gasteiger partial charge is 0.478 e. The van der Waals surface area contributed by atoms with Gasteiger partial charge in [-0.15, -0.1) is 0 Å². The second-order valence-electron chi connectivity index (χ2n) is 3.39. The molecule has 94 valence electrons. The molecule has 1 aromatic heterocycles. The summed E-state index contributed by atoms with van der Waals surface area (Å²) in [6, 6.07) is 2.37. The highest BCUT2D eigenvalue weighted by atomic mass is 19.1. The van der Waals surface area contributed by atoms with E-state index in [0.717, 1.165) is 12.5 Å². The highest BCUT2D eigenvalue weighted by molar-refractivity contribution is 6.00. The third-order valence-corrected chi connectivity index (χ3v) is 2.25. The molecule has 4 N–H and O–H groups in total. The minimum absolute atomic E-state index is 0.141. The van der Waals surface area contributed by atoms with Crippen LogP contribution in [0.5, 0.6) is 0 Å². The molecule has 0 radical (unpaired) electrons. The number of hydrogen-bond donors (Lipinski definition) is 3. The molecule has 0 aliphatic rings. The second-order valence-corrected chi connectivity index (χ2v) is 3.39. The van der Waals surface area contributed by atoms with Crippen molar-refractivity contribution in [2.45, 2.75) is 6.54 Å². The van der Waals surface area contributed by atoms with E-state index in [0.29, 0.717) is 5.82 Å². The molecule has 2 rings (SSSR count). The second kappa shape index (κ2) is 4.70. The van der Waals surface area contributed by atoms with Gasteiger partial charge in [0.05, 0.1) is 17.9 Å². The molecule has 1 aromatic carbocycles. The Morgan fingerprint density at radius 1 is 1.56 bits per heavy atom. The monoisotopic (exact) mass is 252 g/mol. The average molecular weight is 252 g/mol. The summed E-state index contributed by atoms with van der Waals surface area (Å²) in [5.41, 5.74) is 4.84.